The Morgan fingerprint density at radius 1 is 1.05 bits per heavy atom. The number of pyridine rings is 1. The molecule has 0 unspecified atom stereocenters. The van der Waals surface area contributed by atoms with Crippen LogP contribution in [-0.2, 0) is 6.54 Å². The molecule has 10 heteroatoms. The molecule has 2 aromatic heterocycles. The van der Waals surface area contributed by atoms with Crippen molar-refractivity contribution in [2.24, 2.45) is 0 Å². The summed E-state index contributed by atoms with van der Waals surface area (Å²) in [5, 5.41) is 6.18. The maximum Gasteiger partial charge on any atom is 0.255 e. The number of amides is 1. The highest BCUT2D eigenvalue weighted by atomic mass is 32.2. The number of hydrogen-bond donors (Lipinski definition) is 2. The predicted octanol–water partition coefficient (Wildman–Crippen LogP) is 5.57. The molecule has 2 N–H and O–H groups in total. The van der Waals surface area contributed by atoms with E-state index in [0.717, 1.165) is 54.3 Å². The number of anilines is 3. The monoisotopic (exact) mass is 543 g/mol. The van der Waals surface area contributed by atoms with Crippen LogP contribution in [0.4, 0.5) is 21.2 Å². The van der Waals surface area contributed by atoms with E-state index in [1.54, 1.807) is 30.7 Å². The quantitative estimate of drug-likeness (QED) is 0.299. The van der Waals surface area contributed by atoms with E-state index in [4.69, 9.17) is 0 Å². The van der Waals surface area contributed by atoms with Gasteiger partial charge in [-0.3, -0.25) is 14.7 Å². The molecule has 5 rings (SSSR count). The lowest BCUT2D eigenvalue weighted by atomic mass is 10.1. The van der Waals surface area contributed by atoms with Crippen molar-refractivity contribution in [3.63, 3.8) is 0 Å². The van der Waals surface area contributed by atoms with Crippen LogP contribution in [0.1, 0.15) is 21.5 Å². The van der Waals surface area contributed by atoms with Gasteiger partial charge in [0.2, 0.25) is 5.95 Å². The Balaban J connectivity index is 1.28. The van der Waals surface area contributed by atoms with Crippen LogP contribution in [0.25, 0.3) is 11.3 Å². The molecule has 8 nitrogen and oxygen atoms in total. The summed E-state index contributed by atoms with van der Waals surface area (Å²) in [6.07, 6.45) is 5.15. The Labute approximate surface area is 232 Å². The zero-order valence-corrected chi connectivity index (χ0v) is 22.7. The fraction of sp³-hybridized carbons (Fsp3) is 0.241. The molecule has 0 bridgehead atoms. The summed E-state index contributed by atoms with van der Waals surface area (Å²) in [6, 6.07) is 16.4. The minimum atomic E-state index is -0.305. The molecule has 39 heavy (non-hydrogen) atoms. The van der Waals surface area contributed by atoms with Crippen LogP contribution < -0.4 is 10.6 Å². The summed E-state index contributed by atoms with van der Waals surface area (Å²) in [6.45, 7) is 6.50. The molecular formula is C29H30FN7OS. The lowest BCUT2D eigenvalue weighted by Gasteiger charge is -2.32. The molecule has 0 saturated carbocycles. The highest BCUT2D eigenvalue weighted by Crippen LogP contribution is 2.28. The number of benzene rings is 2. The molecular weight excluding hydrogens is 513 g/mol. The normalized spacial score (nSPS) is 14.2. The van der Waals surface area contributed by atoms with E-state index in [1.807, 2.05) is 49.4 Å². The lowest BCUT2D eigenvalue weighted by molar-refractivity contribution is 0.102. The summed E-state index contributed by atoms with van der Waals surface area (Å²) < 4.78 is 13.8. The molecule has 3 heterocycles. The molecule has 4 aromatic rings. The first-order valence-electron chi connectivity index (χ1n) is 12.7. The largest absolute Gasteiger partial charge is 0.324 e. The van der Waals surface area contributed by atoms with Crippen LogP contribution in [-0.4, -0.2) is 63.9 Å². The first-order valence-corrected chi connectivity index (χ1v) is 13.4. The Hall–Kier alpha value is -3.86. The third-order valence-electron chi connectivity index (χ3n) is 6.76. The Morgan fingerprint density at radius 3 is 2.67 bits per heavy atom. The van der Waals surface area contributed by atoms with Crippen molar-refractivity contribution in [1.82, 2.24) is 24.8 Å². The van der Waals surface area contributed by atoms with Gasteiger partial charge in [-0.15, -0.1) is 0 Å². The Morgan fingerprint density at radius 2 is 1.90 bits per heavy atom. The summed E-state index contributed by atoms with van der Waals surface area (Å²) in [4.78, 5) is 31.2. The van der Waals surface area contributed by atoms with Crippen molar-refractivity contribution in [3.05, 3.63) is 89.9 Å². The van der Waals surface area contributed by atoms with Gasteiger partial charge in [0.15, 0.2) is 0 Å². The summed E-state index contributed by atoms with van der Waals surface area (Å²) in [5.41, 5.74) is 5.26. The maximum atomic E-state index is 13.8. The molecule has 0 radical (unpaired) electrons. The summed E-state index contributed by atoms with van der Waals surface area (Å²) in [5.74, 6) is 0.129. The zero-order valence-electron chi connectivity index (χ0n) is 21.9. The van der Waals surface area contributed by atoms with Gasteiger partial charge in [0, 0.05) is 78.7 Å². The number of aryl methyl sites for hydroxylation is 1. The van der Waals surface area contributed by atoms with Gasteiger partial charge in [-0.25, -0.2) is 9.97 Å². The van der Waals surface area contributed by atoms with Gasteiger partial charge in [0.25, 0.3) is 5.91 Å². The van der Waals surface area contributed by atoms with Gasteiger partial charge in [-0.2, -0.15) is 3.89 Å². The summed E-state index contributed by atoms with van der Waals surface area (Å²) >= 11 is 0.183. The van der Waals surface area contributed by atoms with Crippen LogP contribution in [0.5, 0.6) is 0 Å². The SMILES string of the molecule is Cc1ccc(NC(=O)c2ccc(CN3CCN(C)CC3)c(SF)c2)cc1Nc1nccc(-c2cccnc2)n1. The molecule has 1 aliphatic rings. The van der Waals surface area contributed by atoms with E-state index in [1.165, 1.54) is 0 Å². The highest BCUT2D eigenvalue weighted by Gasteiger charge is 2.17. The van der Waals surface area contributed by atoms with Crippen molar-refractivity contribution in [2.45, 2.75) is 18.4 Å². The van der Waals surface area contributed by atoms with E-state index in [0.29, 0.717) is 28.6 Å². The van der Waals surface area contributed by atoms with Gasteiger partial charge in [0.05, 0.1) is 17.8 Å². The number of hydrogen-bond acceptors (Lipinski definition) is 8. The predicted molar refractivity (Wildman–Crippen MR) is 154 cm³/mol. The van der Waals surface area contributed by atoms with Crippen LogP contribution in [0.15, 0.2) is 78.1 Å². The number of nitrogens with zero attached hydrogens (tertiary/aromatic N) is 5. The molecule has 0 atom stereocenters. The smallest absolute Gasteiger partial charge is 0.255 e. The Bertz CT molecular complexity index is 1450. The lowest BCUT2D eigenvalue weighted by Crippen LogP contribution is -2.43. The molecule has 1 amide bonds. The molecule has 1 fully saturated rings. The maximum absolute atomic E-state index is 13.8. The fourth-order valence-corrected chi connectivity index (χ4v) is 4.80. The van der Waals surface area contributed by atoms with Crippen LogP contribution >= 0.6 is 12.1 Å². The van der Waals surface area contributed by atoms with Crippen molar-refractivity contribution >= 4 is 35.4 Å². The third kappa shape index (κ3) is 6.78. The number of rotatable bonds is 8. The third-order valence-corrected chi connectivity index (χ3v) is 7.30. The first kappa shape index (κ1) is 26.7. The van der Waals surface area contributed by atoms with Crippen molar-refractivity contribution in [3.8, 4) is 11.3 Å². The number of aromatic nitrogens is 3. The van der Waals surface area contributed by atoms with Crippen LogP contribution in [0.2, 0.25) is 0 Å². The van der Waals surface area contributed by atoms with E-state index < -0.39 is 0 Å². The number of nitrogens with one attached hydrogen (secondary N) is 2. The van der Waals surface area contributed by atoms with Crippen molar-refractivity contribution in [2.75, 3.05) is 43.9 Å². The van der Waals surface area contributed by atoms with E-state index >= 15 is 0 Å². The number of carbonyl (C=O) groups is 1. The second-order valence-electron chi connectivity index (χ2n) is 9.60. The molecule has 0 spiro atoms. The average molecular weight is 544 g/mol. The van der Waals surface area contributed by atoms with E-state index in [2.05, 4.69) is 42.4 Å². The van der Waals surface area contributed by atoms with Gasteiger partial charge in [-0.1, -0.05) is 12.1 Å². The number of piperazine rings is 1. The molecule has 1 saturated heterocycles. The minimum Gasteiger partial charge on any atom is -0.324 e. The van der Waals surface area contributed by atoms with E-state index in [-0.39, 0.29) is 18.1 Å². The number of likely N-dealkylation sites (N-methyl/N-ethyl adjacent to an activating group) is 1. The van der Waals surface area contributed by atoms with Crippen LogP contribution in [0, 0.1) is 6.92 Å². The topological polar surface area (TPSA) is 86.3 Å². The number of carbonyl (C=O) groups excluding carboxylic acids is 1. The number of halogens is 1. The van der Waals surface area contributed by atoms with Gasteiger partial charge in [0.1, 0.15) is 0 Å². The second kappa shape index (κ2) is 12.3. The van der Waals surface area contributed by atoms with Crippen LogP contribution in [0.3, 0.4) is 0 Å². The zero-order chi connectivity index (χ0) is 27.2. The van der Waals surface area contributed by atoms with Gasteiger partial charge in [-0.05, 0) is 67.6 Å². The van der Waals surface area contributed by atoms with Crippen molar-refractivity contribution < 1.29 is 8.68 Å². The van der Waals surface area contributed by atoms with Crippen molar-refractivity contribution in [1.29, 1.82) is 0 Å². The Kier molecular flexibility index (Phi) is 8.45. The van der Waals surface area contributed by atoms with Gasteiger partial charge < -0.3 is 15.5 Å². The standard InChI is InChI=1S/C29H30FN7OS/c1-20-5-8-24(17-26(20)35-29-32-11-9-25(34-29)22-4-3-10-31-18-22)33-28(38)21-6-7-23(27(16-21)39-30)19-37-14-12-36(2)13-15-37/h3-11,16-18H,12-15,19H2,1-2H3,(H,33,38)(H,32,34,35). The van der Waals surface area contributed by atoms with E-state index in [9.17, 15) is 8.68 Å². The first-order chi connectivity index (χ1) is 19.0. The average Bonchev–Trinajstić information content (AvgIpc) is 2.97. The van der Waals surface area contributed by atoms with Gasteiger partial charge >= 0.3 is 0 Å². The minimum absolute atomic E-state index is 0.183. The molecule has 1 aliphatic heterocycles. The highest BCUT2D eigenvalue weighted by molar-refractivity contribution is 7.94. The molecule has 2 aromatic carbocycles. The molecule has 0 aliphatic carbocycles. The fourth-order valence-electron chi connectivity index (χ4n) is 4.40. The summed E-state index contributed by atoms with van der Waals surface area (Å²) in [7, 11) is 2.11. The molecule has 200 valence electrons. The second-order valence-corrected chi connectivity index (χ2v) is 10.2.